The Kier molecular flexibility index (Phi) is 44.7. The predicted octanol–water partition coefficient (Wildman–Crippen LogP) is 11.2. The SMILES string of the molecule is CC/C=C\C/C=C\C/C=C\C/C=C\C/C=C\C/C=C\C/C=C\CCCC(=O)OC(COCCCCCCCCCCCCCCCCCCCCCC)COC1OC(COC2OC(CO)C(O)C(O)C2O)C(O)C(O)C1O. The highest BCUT2D eigenvalue weighted by molar-refractivity contribution is 5.69. The summed E-state index contributed by atoms with van der Waals surface area (Å²) in [7, 11) is 0. The highest BCUT2D eigenvalue weighted by atomic mass is 16.7. The van der Waals surface area contributed by atoms with Crippen LogP contribution in [0.15, 0.2) is 85.1 Å². The summed E-state index contributed by atoms with van der Waals surface area (Å²) in [6.45, 7) is 3.52. The van der Waals surface area contributed by atoms with Gasteiger partial charge in [-0.1, -0.05) is 221 Å². The van der Waals surface area contributed by atoms with Gasteiger partial charge in [-0.05, 0) is 64.2 Å². The lowest BCUT2D eigenvalue weighted by atomic mass is 9.98. The van der Waals surface area contributed by atoms with Crippen molar-refractivity contribution in [3.05, 3.63) is 85.1 Å². The van der Waals surface area contributed by atoms with E-state index in [2.05, 4.69) is 98.9 Å². The third-order valence-corrected chi connectivity index (χ3v) is 13.9. The Labute approximate surface area is 465 Å². The summed E-state index contributed by atoms with van der Waals surface area (Å²) >= 11 is 0. The number of ether oxygens (including phenoxy) is 6. The zero-order chi connectivity index (χ0) is 55.8. The third kappa shape index (κ3) is 35.5. The molecule has 0 aromatic carbocycles. The summed E-state index contributed by atoms with van der Waals surface area (Å²) in [4.78, 5) is 13.1. The summed E-state index contributed by atoms with van der Waals surface area (Å²) in [5.41, 5.74) is 0. The van der Waals surface area contributed by atoms with Crippen LogP contribution in [0.3, 0.4) is 0 Å². The molecule has 2 aliphatic heterocycles. The topological polar surface area (TPSA) is 214 Å². The van der Waals surface area contributed by atoms with Gasteiger partial charge in [0.25, 0.3) is 0 Å². The molecule has 2 heterocycles. The highest BCUT2D eigenvalue weighted by Crippen LogP contribution is 2.27. The summed E-state index contributed by atoms with van der Waals surface area (Å²) in [5, 5.41) is 72.4. The number of aliphatic hydroxyl groups excluding tert-OH is 7. The van der Waals surface area contributed by atoms with Crippen molar-refractivity contribution in [1.29, 1.82) is 0 Å². The number of esters is 1. The van der Waals surface area contributed by atoms with Crippen LogP contribution in [0.2, 0.25) is 0 Å². The summed E-state index contributed by atoms with van der Waals surface area (Å²) in [6, 6.07) is 0. The van der Waals surface area contributed by atoms with Crippen LogP contribution >= 0.6 is 0 Å². The van der Waals surface area contributed by atoms with Crippen LogP contribution in [0.5, 0.6) is 0 Å². The molecular weight excluding hydrogens is 981 g/mol. The van der Waals surface area contributed by atoms with E-state index in [0.717, 1.165) is 64.2 Å². The van der Waals surface area contributed by atoms with Crippen molar-refractivity contribution in [3.63, 3.8) is 0 Å². The van der Waals surface area contributed by atoms with E-state index in [0.29, 0.717) is 19.4 Å². The van der Waals surface area contributed by atoms with Crippen molar-refractivity contribution < 1.29 is 69.0 Å². The van der Waals surface area contributed by atoms with Gasteiger partial charge in [0.1, 0.15) is 54.9 Å². The van der Waals surface area contributed by atoms with Crippen LogP contribution in [0, 0.1) is 0 Å². The van der Waals surface area contributed by atoms with Gasteiger partial charge < -0.3 is 64.2 Å². The molecule has 0 aromatic rings. The maximum absolute atomic E-state index is 13.1. The lowest BCUT2D eigenvalue weighted by Gasteiger charge is -2.42. The molecule has 0 amide bonds. The monoisotopic (exact) mass is 1090 g/mol. The molecule has 0 aliphatic carbocycles. The molecule has 2 saturated heterocycles. The summed E-state index contributed by atoms with van der Waals surface area (Å²) in [5.74, 6) is -0.433. The molecule has 11 unspecified atom stereocenters. The first-order valence-corrected chi connectivity index (χ1v) is 30.2. The molecule has 0 aromatic heterocycles. The number of aliphatic hydroxyl groups is 7. The van der Waals surface area contributed by atoms with Gasteiger partial charge in [0, 0.05) is 13.0 Å². The van der Waals surface area contributed by atoms with Crippen LogP contribution < -0.4 is 0 Å². The van der Waals surface area contributed by atoms with E-state index in [4.69, 9.17) is 28.4 Å². The second-order valence-electron chi connectivity index (χ2n) is 20.8. The largest absolute Gasteiger partial charge is 0.457 e. The van der Waals surface area contributed by atoms with Gasteiger partial charge in [-0.25, -0.2) is 0 Å². The Bertz CT molecular complexity index is 1590. The third-order valence-electron chi connectivity index (χ3n) is 13.9. The quantitative estimate of drug-likeness (QED) is 0.0172. The van der Waals surface area contributed by atoms with E-state index in [1.165, 1.54) is 109 Å². The first kappa shape index (κ1) is 70.3. The first-order chi connectivity index (χ1) is 37.6. The molecular formula is C63H108O14. The van der Waals surface area contributed by atoms with Crippen LogP contribution in [0.25, 0.3) is 0 Å². The number of allylic oxidation sites excluding steroid dienone is 14. The van der Waals surface area contributed by atoms with Crippen LogP contribution in [0.4, 0.5) is 0 Å². The van der Waals surface area contributed by atoms with Crippen LogP contribution in [0.1, 0.15) is 206 Å². The van der Waals surface area contributed by atoms with Gasteiger partial charge in [-0.2, -0.15) is 0 Å². The lowest BCUT2D eigenvalue weighted by molar-refractivity contribution is -0.332. The van der Waals surface area contributed by atoms with E-state index in [1.807, 2.05) is 0 Å². The molecule has 77 heavy (non-hydrogen) atoms. The highest BCUT2D eigenvalue weighted by Gasteiger charge is 2.47. The van der Waals surface area contributed by atoms with Crippen molar-refractivity contribution in [3.8, 4) is 0 Å². The Morgan fingerprint density at radius 2 is 0.831 bits per heavy atom. The van der Waals surface area contributed by atoms with Crippen molar-refractivity contribution in [2.45, 2.75) is 274 Å². The molecule has 14 heteroatoms. The number of rotatable bonds is 48. The van der Waals surface area contributed by atoms with Crippen molar-refractivity contribution in [2.75, 3.05) is 33.0 Å². The molecule has 0 saturated carbocycles. The number of unbranched alkanes of at least 4 members (excludes halogenated alkanes) is 20. The zero-order valence-corrected chi connectivity index (χ0v) is 47.7. The molecule has 2 fully saturated rings. The van der Waals surface area contributed by atoms with Crippen LogP contribution in [-0.2, 0) is 33.2 Å². The Morgan fingerprint density at radius 3 is 1.27 bits per heavy atom. The maximum atomic E-state index is 13.1. The van der Waals surface area contributed by atoms with Gasteiger partial charge in [-0.15, -0.1) is 0 Å². The fourth-order valence-electron chi connectivity index (χ4n) is 9.10. The van der Waals surface area contributed by atoms with Crippen molar-refractivity contribution in [2.24, 2.45) is 0 Å². The summed E-state index contributed by atoms with van der Waals surface area (Å²) < 4.78 is 34.4. The molecule has 2 rings (SSSR count). The Balaban J connectivity index is 1.74. The number of carbonyl (C=O) groups is 1. The van der Waals surface area contributed by atoms with Gasteiger partial charge in [-0.3, -0.25) is 4.79 Å². The lowest BCUT2D eigenvalue weighted by Crippen LogP contribution is -2.61. The fourth-order valence-corrected chi connectivity index (χ4v) is 9.10. The molecule has 444 valence electrons. The van der Waals surface area contributed by atoms with E-state index in [1.54, 1.807) is 0 Å². The molecule has 2 aliphatic rings. The predicted molar refractivity (Wildman–Crippen MR) is 307 cm³/mol. The van der Waals surface area contributed by atoms with Gasteiger partial charge >= 0.3 is 5.97 Å². The zero-order valence-electron chi connectivity index (χ0n) is 47.7. The fraction of sp³-hybridized carbons (Fsp3) is 0.762. The summed E-state index contributed by atoms with van der Waals surface area (Å²) in [6.07, 6.45) is 47.9. The van der Waals surface area contributed by atoms with Gasteiger partial charge in [0.15, 0.2) is 12.6 Å². The Hall–Kier alpha value is -2.83. The van der Waals surface area contributed by atoms with Gasteiger partial charge in [0.05, 0.1) is 26.4 Å². The smallest absolute Gasteiger partial charge is 0.306 e. The Morgan fingerprint density at radius 1 is 0.442 bits per heavy atom. The number of hydrogen-bond donors (Lipinski definition) is 7. The molecule has 14 nitrogen and oxygen atoms in total. The number of carbonyl (C=O) groups excluding carboxylic acids is 1. The molecule has 7 N–H and O–H groups in total. The minimum absolute atomic E-state index is 0.0361. The average molecular weight is 1090 g/mol. The molecule has 0 bridgehead atoms. The first-order valence-electron chi connectivity index (χ1n) is 30.2. The van der Waals surface area contributed by atoms with E-state index in [9.17, 15) is 40.5 Å². The minimum Gasteiger partial charge on any atom is -0.457 e. The minimum atomic E-state index is -1.72. The van der Waals surface area contributed by atoms with Crippen molar-refractivity contribution >= 4 is 5.97 Å². The normalized spacial score (nSPS) is 24.9. The van der Waals surface area contributed by atoms with Crippen molar-refractivity contribution in [1.82, 2.24) is 0 Å². The number of hydrogen-bond acceptors (Lipinski definition) is 14. The second-order valence-corrected chi connectivity index (χ2v) is 20.8. The van der Waals surface area contributed by atoms with E-state index in [-0.39, 0.29) is 19.6 Å². The molecule has 11 atom stereocenters. The van der Waals surface area contributed by atoms with Gasteiger partial charge in [0.2, 0.25) is 0 Å². The molecule has 0 radical (unpaired) electrons. The molecule has 0 spiro atoms. The second kappa shape index (κ2) is 49.0. The maximum Gasteiger partial charge on any atom is 0.306 e. The standard InChI is InChI=1S/C63H108O14/c1-3-5-7-9-11-13-15-17-19-21-23-25-26-27-28-30-32-34-36-38-40-42-44-46-55(65)75-52(49-72-47-45-43-41-39-37-35-33-31-29-24-22-20-18-16-14-12-10-8-6-4-2)50-73-62-61(71)59(69)57(67)54(77-62)51-74-63-60(70)58(68)56(66)53(48-64)76-63/h5,7,11,13,17,19,23,25,27-28,32,34,38,40,52-54,56-64,66-71H,3-4,6,8-10,12,14-16,18,20-22,24,26,29-31,33,35-37,39,41-51H2,1-2H3/b7-5-,13-11-,19-17-,25-23-,28-27-,34-32-,40-38-. The average Bonchev–Trinajstić information content (AvgIpc) is 3.43. The van der Waals surface area contributed by atoms with E-state index >= 15 is 0 Å². The van der Waals surface area contributed by atoms with E-state index < -0.39 is 86.7 Å². The van der Waals surface area contributed by atoms with Crippen LogP contribution in [-0.4, -0.2) is 142 Å².